The van der Waals surface area contributed by atoms with Gasteiger partial charge in [0.15, 0.2) is 4.77 Å². The zero-order chi connectivity index (χ0) is 9.76. The molecule has 1 fully saturated rings. The fraction of sp³-hybridized carbons (Fsp3) is 0.400. The summed E-state index contributed by atoms with van der Waals surface area (Å²) in [5, 5.41) is 0. The Kier molecular flexibility index (Phi) is 1.43. The summed E-state index contributed by atoms with van der Waals surface area (Å²) < 4.78 is 3.03. The summed E-state index contributed by atoms with van der Waals surface area (Å²) in [5.74, 6) is 0. The molecule has 0 bridgehead atoms. The molecule has 72 valence electrons. The Balaban J connectivity index is 2.42. The van der Waals surface area contributed by atoms with Gasteiger partial charge < -0.3 is 9.55 Å². The van der Waals surface area contributed by atoms with Crippen LogP contribution in [0.25, 0.3) is 11.0 Å². The normalized spacial score (nSPS) is 18.6. The lowest BCUT2D eigenvalue weighted by atomic mass is 10.3. The molecule has 0 aromatic carbocycles. The average Bonchev–Trinajstić information content (AvgIpc) is 2.79. The molecule has 2 heterocycles. The summed E-state index contributed by atoms with van der Waals surface area (Å²) in [7, 11) is 0. The van der Waals surface area contributed by atoms with Crippen molar-refractivity contribution in [3.63, 3.8) is 0 Å². The van der Waals surface area contributed by atoms with E-state index in [1.54, 1.807) is 0 Å². The van der Waals surface area contributed by atoms with Crippen molar-refractivity contribution in [2.75, 3.05) is 0 Å². The topological polar surface area (TPSA) is 33.6 Å². The Morgan fingerprint density at radius 1 is 1.57 bits per heavy atom. The molecule has 0 spiro atoms. The van der Waals surface area contributed by atoms with E-state index in [4.69, 9.17) is 12.2 Å². The number of H-pyrrole nitrogens is 1. The Morgan fingerprint density at radius 3 is 3.07 bits per heavy atom. The van der Waals surface area contributed by atoms with Gasteiger partial charge in [-0.1, -0.05) is 0 Å². The first-order valence-corrected chi connectivity index (χ1v) is 5.17. The van der Waals surface area contributed by atoms with Crippen LogP contribution in [-0.2, 0) is 5.54 Å². The van der Waals surface area contributed by atoms with Crippen LogP contribution in [0.4, 0.5) is 0 Å². The third-order valence-electron chi connectivity index (χ3n) is 3.00. The number of hydrogen-bond acceptors (Lipinski definition) is 2. The number of pyridine rings is 1. The van der Waals surface area contributed by atoms with Gasteiger partial charge in [-0.2, -0.15) is 0 Å². The molecule has 3 rings (SSSR count). The van der Waals surface area contributed by atoms with Gasteiger partial charge in [0.05, 0.1) is 17.2 Å². The van der Waals surface area contributed by atoms with Gasteiger partial charge in [-0.3, -0.25) is 4.98 Å². The van der Waals surface area contributed by atoms with E-state index in [1.165, 1.54) is 18.4 Å². The molecule has 2 aromatic rings. The van der Waals surface area contributed by atoms with Crippen molar-refractivity contribution in [3.8, 4) is 0 Å². The molecular formula is C10H11N3S. The van der Waals surface area contributed by atoms with Gasteiger partial charge in [0.1, 0.15) is 0 Å². The molecule has 3 nitrogen and oxygen atoms in total. The van der Waals surface area contributed by atoms with Gasteiger partial charge in [0.2, 0.25) is 0 Å². The molecule has 0 saturated heterocycles. The number of fused-ring (bicyclic) bond motifs is 1. The molecule has 0 radical (unpaired) electrons. The fourth-order valence-electron chi connectivity index (χ4n) is 1.90. The first-order valence-electron chi connectivity index (χ1n) is 4.76. The summed E-state index contributed by atoms with van der Waals surface area (Å²) in [6.45, 7) is 2.25. The number of aromatic nitrogens is 3. The van der Waals surface area contributed by atoms with Crippen LogP contribution in [0.5, 0.6) is 0 Å². The molecular weight excluding hydrogens is 194 g/mol. The molecule has 0 amide bonds. The number of imidazole rings is 1. The molecule has 0 atom stereocenters. The van der Waals surface area contributed by atoms with E-state index in [0.29, 0.717) is 0 Å². The summed E-state index contributed by atoms with van der Waals surface area (Å²) >= 11 is 5.32. The molecule has 0 aliphatic heterocycles. The molecule has 2 aromatic heterocycles. The maximum Gasteiger partial charge on any atom is 0.178 e. The summed E-state index contributed by atoms with van der Waals surface area (Å²) in [6, 6.07) is 2.02. The largest absolute Gasteiger partial charge is 0.329 e. The zero-order valence-corrected chi connectivity index (χ0v) is 8.77. The number of nitrogens with zero attached hydrogens (tertiary/aromatic N) is 2. The molecule has 14 heavy (non-hydrogen) atoms. The minimum Gasteiger partial charge on any atom is -0.329 e. The molecule has 0 unspecified atom stereocenters. The highest BCUT2D eigenvalue weighted by Crippen LogP contribution is 2.44. The van der Waals surface area contributed by atoms with Crippen LogP contribution in [0.1, 0.15) is 19.8 Å². The summed E-state index contributed by atoms with van der Waals surface area (Å²) in [4.78, 5) is 7.27. The second-order valence-electron chi connectivity index (χ2n) is 4.16. The van der Waals surface area contributed by atoms with Crippen LogP contribution in [0.15, 0.2) is 18.5 Å². The van der Waals surface area contributed by atoms with Crippen molar-refractivity contribution >= 4 is 23.3 Å². The van der Waals surface area contributed by atoms with Crippen molar-refractivity contribution in [2.45, 2.75) is 25.3 Å². The van der Waals surface area contributed by atoms with E-state index in [2.05, 4.69) is 21.5 Å². The van der Waals surface area contributed by atoms with Crippen molar-refractivity contribution in [2.24, 2.45) is 0 Å². The maximum atomic E-state index is 5.32. The molecule has 1 aliphatic rings. The monoisotopic (exact) mass is 205 g/mol. The molecule has 4 heteroatoms. The predicted octanol–water partition coefficient (Wildman–Crippen LogP) is 2.60. The van der Waals surface area contributed by atoms with Crippen LogP contribution in [0.3, 0.4) is 0 Å². The van der Waals surface area contributed by atoms with Crippen LogP contribution in [0, 0.1) is 4.77 Å². The minimum absolute atomic E-state index is 0.247. The third-order valence-corrected chi connectivity index (χ3v) is 3.28. The van der Waals surface area contributed by atoms with E-state index in [-0.39, 0.29) is 5.54 Å². The van der Waals surface area contributed by atoms with Crippen molar-refractivity contribution in [1.82, 2.24) is 14.5 Å². The Labute approximate surface area is 86.8 Å². The van der Waals surface area contributed by atoms with E-state index in [0.717, 1.165) is 10.3 Å². The summed E-state index contributed by atoms with van der Waals surface area (Å²) in [6.07, 6.45) is 6.08. The Bertz CT molecular complexity index is 548. The van der Waals surface area contributed by atoms with E-state index in [1.807, 2.05) is 18.5 Å². The van der Waals surface area contributed by atoms with Crippen LogP contribution in [-0.4, -0.2) is 14.5 Å². The highest BCUT2D eigenvalue weighted by Gasteiger charge is 2.40. The lowest BCUT2D eigenvalue weighted by molar-refractivity contribution is 0.541. The van der Waals surface area contributed by atoms with Gasteiger partial charge in [-0.25, -0.2) is 0 Å². The number of hydrogen-bond donors (Lipinski definition) is 1. The standard InChI is InChI=1S/C10H11N3S/c1-10(3-4-10)13-8-2-5-11-6-7(8)12-9(13)14/h2,5-6H,3-4H2,1H3,(H,12,14). The third kappa shape index (κ3) is 0.973. The molecule has 1 saturated carbocycles. The van der Waals surface area contributed by atoms with E-state index in [9.17, 15) is 0 Å². The van der Waals surface area contributed by atoms with Gasteiger partial charge in [-0.15, -0.1) is 0 Å². The lowest BCUT2D eigenvalue weighted by Gasteiger charge is -2.11. The van der Waals surface area contributed by atoms with Crippen LogP contribution < -0.4 is 0 Å². The predicted molar refractivity (Wildman–Crippen MR) is 57.8 cm³/mol. The second kappa shape index (κ2) is 2.45. The fourth-order valence-corrected chi connectivity index (χ4v) is 2.33. The minimum atomic E-state index is 0.247. The Morgan fingerprint density at radius 2 is 2.36 bits per heavy atom. The van der Waals surface area contributed by atoms with E-state index < -0.39 is 0 Å². The summed E-state index contributed by atoms with van der Waals surface area (Å²) in [5.41, 5.74) is 2.45. The van der Waals surface area contributed by atoms with Gasteiger partial charge in [0, 0.05) is 11.7 Å². The van der Waals surface area contributed by atoms with E-state index >= 15 is 0 Å². The van der Waals surface area contributed by atoms with Crippen molar-refractivity contribution < 1.29 is 0 Å². The van der Waals surface area contributed by atoms with Crippen LogP contribution >= 0.6 is 12.2 Å². The first-order chi connectivity index (χ1) is 6.71. The lowest BCUT2D eigenvalue weighted by Crippen LogP contribution is -2.11. The van der Waals surface area contributed by atoms with Gasteiger partial charge in [0.25, 0.3) is 0 Å². The average molecular weight is 205 g/mol. The van der Waals surface area contributed by atoms with Gasteiger partial charge in [-0.05, 0) is 38.0 Å². The molecule has 1 aliphatic carbocycles. The Hall–Kier alpha value is -1.16. The highest BCUT2D eigenvalue weighted by atomic mass is 32.1. The van der Waals surface area contributed by atoms with Crippen molar-refractivity contribution in [1.29, 1.82) is 0 Å². The number of nitrogens with one attached hydrogen (secondary N) is 1. The second-order valence-corrected chi connectivity index (χ2v) is 4.54. The highest BCUT2D eigenvalue weighted by molar-refractivity contribution is 7.71. The quantitative estimate of drug-likeness (QED) is 0.726. The number of rotatable bonds is 1. The zero-order valence-electron chi connectivity index (χ0n) is 7.95. The SMILES string of the molecule is CC1(n2c(=S)[nH]c3cnccc32)CC1. The maximum absolute atomic E-state index is 5.32. The van der Waals surface area contributed by atoms with Crippen molar-refractivity contribution in [3.05, 3.63) is 23.2 Å². The molecule has 1 N–H and O–H groups in total. The first kappa shape index (κ1) is 8.17. The number of aromatic amines is 1. The van der Waals surface area contributed by atoms with Crippen LogP contribution in [0.2, 0.25) is 0 Å². The smallest absolute Gasteiger partial charge is 0.178 e. The van der Waals surface area contributed by atoms with Gasteiger partial charge >= 0.3 is 0 Å².